The summed E-state index contributed by atoms with van der Waals surface area (Å²) in [6.45, 7) is -1.57. The standard InChI is InChI=1S/C11H10ClF3O3/c12-9-5-8(6-16)1-2-10(9)18-4-3-17-7-11(13,14)15/h1-2,5-6H,3-4,7H2. The third-order valence-corrected chi connectivity index (χ3v) is 2.14. The van der Waals surface area contributed by atoms with Crippen LogP contribution in [0.5, 0.6) is 5.75 Å². The Bertz CT molecular complexity index is 407. The lowest BCUT2D eigenvalue weighted by Gasteiger charge is -2.10. The Morgan fingerprint density at radius 1 is 1.28 bits per heavy atom. The number of hydrogen-bond donors (Lipinski definition) is 0. The number of hydrogen-bond acceptors (Lipinski definition) is 3. The molecule has 0 atom stereocenters. The van der Waals surface area contributed by atoms with E-state index in [-0.39, 0.29) is 24.0 Å². The quantitative estimate of drug-likeness (QED) is 0.594. The Labute approximate surface area is 106 Å². The molecule has 3 nitrogen and oxygen atoms in total. The van der Waals surface area contributed by atoms with Crippen molar-refractivity contribution in [1.82, 2.24) is 0 Å². The fourth-order valence-electron chi connectivity index (χ4n) is 1.11. The Kier molecular flexibility index (Phi) is 5.43. The number of alkyl halides is 3. The molecule has 0 saturated carbocycles. The molecule has 0 aromatic heterocycles. The minimum atomic E-state index is -4.34. The maximum Gasteiger partial charge on any atom is 0.411 e. The molecule has 0 fully saturated rings. The summed E-state index contributed by atoms with van der Waals surface area (Å²) in [4.78, 5) is 10.4. The highest BCUT2D eigenvalue weighted by Gasteiger charge is 2.27. The number of carbonyl (C=O) groups is 1. The van der Waals surface area contributed by atoms with Crippen molar-refractivity contribution >= 4 is 17.9 Å². The Hall–Kier alpha value is -1.27. The Balaban J connectivity index is 2.33. The van der Waals surface area contributed by atoms with Gasteiger partial charge in [0.25, 0.3) is 0 Å². The van der Waals surface area contributed by atoms with E-state index >= 15 is 0 Å². The highest BCUT2D eigenvalue weighted by molar-refractivity contribution is 6.32. The van der Waals surface area contributed by atoms with Crippen LogP contribution in [0.4, 0.5) is 13.2 Å². The molecule has 0 radical (unpaired) electrons. The van der Waals surface area contributed by atoms with Gasteiger partial charge in [-0.2, -0.15) is 13.2 Å². The molecule has 100 valence electrons. The van der Waals surface area contributed by atoms with Crippen molar-refractivity contribution in [3.63, 3.8) is 0 Å². The van der Waals surface area contributed by atoms with Crippen LogP contribution in [0.1, 0.15) is 10.4 Å². The Morgan fingerprint density at radius 3 is 2.56 bits per heavy atom. The van der Waals surface area contributed by atoms with Crippen molar-refractivity contribution in [2.45, 2.75) is 6.18 Å². The second kappa shape index (κ2) is 6.61. The molecule has 0 aliphatic carbocycles. The maximum absolute atomic E-state index is 11.7. The van der Waals surface area contributed by atoms with E-state index < -0.39 is 12.8 Å². The summed E-state index contributed by atoms with van der Waals surface area (Å²) in [7, 11) is 0. The topological polar surface area (TPSA) is 35.5 Å². The molecular formula is C11H10ClF3O3. The van der Waals surface area contributed by atoms with E-state index in [1.165, 1.54) is 18.2 Å². The van der Waals surface area contributed by atoms with Gasteiger partial charge in [0.2, 0.25) is 0 Å². The third-order valence-electron chi connectivity index (χ3n) is 1.84. The minimum Gasteiger partial charge on any atom is -0.490 e. The van der Waals surface area contributed by atoms with Crippen LogP contribution < -0.4 is 4.74 Å². The fourth-order valence-corrected chi connectivity index (χ4v) is 1.35. The summed E-state index contributed by atoms with van der Waals surface area (Å²) < 4.78 is 44.7. The van der Waals surface area contributed by atoms with E-state index in [2.05, 4.69) is 4.74 Å². The third kappa shape index (κ3) is 5.37. The second-order valence-electron chi connectivity index (χ2n) is 3.32. The van der Waals surface area contributed by atoms with Crippen molar-refractivity contribution in [2.75, 3.05) is 19.8 Å². The summed E-state index contributed by atoms with van der Waals surface area (Å²) in [5.74, 6) is 0.290. The first-order chi connectivity index (χ1) is 8.42. The van der Waals surface area contributed by atoms with Gasteiger partial charge in [0.1, 0.15) is 25.2 Å². The largest absolute Gasteiger partial charge is 0.490 e. The monoisotopic (exact) mass is 282 g/mol. The zero-order valence-corrected chi connectivity index (χ0v) is 9.92. The maximum atomic E-state index is 11.7. The van der Waals surface area contributed by atoms with E-state index in [0.29, 0.717) is 11.8 Å². The molecule has 0 bridgehead atoms. The number of aldehydes is 1. The molecular weight excluding hydrogens is 273 g/mol. The number of ether oxygens (including phenoxy) is 2. The first-order valence-electron chi connectivity index (χ1n) is 4.94. The highest BCUT2D eigenvalue weighted by Crippen LogP contribution is 2.24. The summed E-state index contributed by atoms with van der Waals surface area (Å²) in [5, 5.41) is 0.218. The molecule has 0 N–H and O–H groups in total. The van der Waals surface area contributed by atoms with E-state index in [0.717, 1.165) is 0 Å². The molecule has 0 aliphatic heterocycles. The number of benzene rings is 1. The van der Waals surface area contributed by atoms with E-state index in [1.807, 2.05) is 0 Å². The average molecular weight is 283 g/mol. The molecule has 1 aromatic rings. The van der Waals surface area contributed by atoms with Crippen LogP contribution in [0.25, 0.3) is 0 Å². The summed E-state index contributed by atoms with van der Waals surface area (Å²) in [5.41, 5.74) is 0.390. The molecule has 0 amide bonds. The predicted molar refractivity (Wildman–Crippen MR) is 59.2 cm³/mol. The zero-order chi connectivity index (χ0) is 13.6. The molecule has 0 aliphatic rings. The summed E-state index contributed by atoms with van der Waals surface area (Å²) in [6.07, 6.45) is -3.72. The molecule has 1 aromatic carbocycles. The minimum absolute atomic E-state index is 0.0593. The fraction of sp³-hybridized carbons (Fsp3) is 0.364. The molecule has 0 spiro atoms. The number of carbonyl (C=O) groups excluding carboxylic acids is 1. The van der Waals surface area contributed by atoms with Gasteiger partial charge in [0, 0.05) is 5.56 Å². The lowest BCUT2D eigenvalue weighted by atomic mass is 10.2. The van der Waals surface area contributed by atoms with Crippen molar-refractivity contribution in [3.8, 4) is 5.75 Å². The predicted octanol–water partition coefficient (Wildman–Crippen LogP) is 3.11. The highest BCUT2D eigenvalue weighted by atomic mass is 35.5. The summed E-state index contributed by atoms with van der Waals surface area (Å²) >= 11 is 5.79. The van der Waals surface area contributed by atoms with Crippen molar-refractivity contribution in [1.29, 1.82) is 0 Å². The molecule has 0 unspecified atom stereocenters. The number of halogens is 4. The van der Waals surface area contributed by atoms with Crippen LogP contribution in [0.15, 0.2) is 18.2 Å². The molecule has 0 heterocycles. The van der Waals surface area contributed by atoms with Crippen molar-refractivity contribution in [3.05, 3.63) is 28.8 Å². The van der Waals surface area contributed by atoms with Crippen LogP contribution in [0.2, 0.25) is 5.02 Å². The van der Waals surface area contributed by atoms with Gasteiger partial charge in [0.05, 0.1) is 11.6 Å². The number of rotatable bonds is 6. The Morgan fingerprint density at radius 2 is 2.00 bits per heavy atom. The van der Waals surface area contributed by atoms with Crippen LogP contribution >= 0.6 is 11.6 Å². The average Bonchev–Trinajstić information content (AvgIpc) is 2.29. The van der Waals surface area contributed by atoms with Crippen LogP contribution in [-0.2, 0) is 4.74 Å². The summed E-state index contributed by atoms with van der Waals surface area (Å²) in [6, 6.07) is 4.36. The van der Waals surface area contributed by atoms with Gasteiger partial charge in [0.15, 0.2) is 0 Å². The molecule has 7 heteroatoms. The van der Waals surface area contributed by atoms with Crippen molar-refractivity contribution < 1.29 is 27.4 Å². The molecule has 1 rings (SSSR count). The van der Waals surface area contributed by atoms with Crippen LogP contribution in [0.3, 0.4) is 0 Å². The van der Waals surface area contributed by atoms with Gasteiger partial charge < -0.3 is 9.47 Å². The van der Waals surface area contributed by atoms with Crippen LogP contribution in [0, 0.1) is 0 Å². The SMILES string of the molecule is O=Cc1ccc(OCCOCC(F)(F)F)c(Cl)c1. The first-order valence-corrected chi connectivity index (χ1v) is 5.32. The van der Waals surface area contributed by atoms with Gasteiger partial charge in [-0.1, -0.05) is 11.6 Å². The first kappa shape index (κ1) is 14.8. The van der Waals surface area contributed by atoms with Gasteiger partial charge in [-0.05, 0) is 18.2 Å². The lowest BCUT2D eigenvalue weighted by Crippen LogP contribution is -2.19. The smallest absolute Gasteiger partial charge is 0.411 e. The molecule has 18 heavy (non-hydrogen) atoms. The lowest BCUT2D eigenvalue weighted by molar-refractivity contribution is -0.175. The van der Waals surface area contributed by atoms with E-state index in [1.54, 1.807) is 0 Å². The second-order valence-corrected chi connectivity index (χ2v) is 3.73. The van der Waals surface area contributed by atoms with Crippen LogP contribution in [-0.4, -0.2) is 32.3 Å². The van der Waals surface area contributed by atoms with E-state index in [4.69, 9.17) is 16.3 Å². The van der Waals surface area contributed by atoms with Gasteiger partial charge in [-0.25, -0.2) is 0 Å². The normalized spacial score (nSPS) is 11.3. The van der Waals surface area contributed by atoms with Gasteiger partial charge in [-0.3, -0.25) is 4.79 Å². The van der Waals surface area contributed by atoms with E-state index in [9.17, 15) is 18.0 Å². The van der Waals surface area contributed by atoms with Gasteiger partial charge >= 0.3 is 6.18 Å². The van der Waals surface area contributed by atoms with Crippen molar-refractivity contribution in [2.24, 2.45) is 0 Å². The van der Waals surface area contributed by atoms with Gasteiger partial charge in [-0.15, -0.1) is 0 Å². The zero-order valence-electron chi connectivity index (χ0n) is 9.17. The molecule has 0 saturated heterocycles.